The van der Waals surface area contributed by atoms with E-state index < -0.39 is 0 Å². The highest BCUT2D eigenvalue weighted by atomic mass is 32.2. The predicted octanol–water partition coefficient (Wildman–Crippen LogP) is 3.40. The van der Waals surface area contributed by atoms with Gasteiger partial charge in [0.2, 0.25) is 5.91 Å². The molecule has 0 radical (unpaired) electrons. The summed E-state index contributed by atoms with van der Waals surface area (Å²) >= 11 is 1.34. The lowest BCUT2D eigenvalue weighted by Gasteiger charge is -2.26. The van der Waals surface area contributed by atoms with Gasteiger partial charge in [-0.25, -0.2) is 4.98 Å². The van der Waals surface area contributed by atoms with Crippen molar-refractivity contribution in [1.29, 1.82) is 0 Å². The van der Waals surface area contributed by atoms with E-state index in [-0.39, 0.29) is 29.3 Å². The fourth-order valence-corrected chi connectivity index (χ4v) is 4.49. The number of fused-ring (bicyclic) bond motifs is 1. The first-order chi connectivity index (χ1) is 12.3. The molecule has 0 saturated heterocycles. The van der Waals surface area contributed by atoms with Crippen molar-refractivity contribution in [2.45, 2.75) is 70.6 Å². The van der Waals surface area contributed by atoms with Gasteiger partial charge >= 0.3 is 0 Å². The molecule has 1 saturated carbocycles. The van der Waals surface area contributed by atoms with Crippen molar-refractivity contribution in [2.24, 2.45) is 5.92 Å². The first kappa shape index (κ1) is 19.0. The van der Waals surface area contributed by atoms with Crippen molar-refractivity contribution in [3.05, 3.63) is 22.1 Å². The summed E-state index contributed by atoms with van der Waals surface area (Å²) in [5.74, 6) is 1.06. The zero-order valence-corrected chi connectivity index (χ0v) is 16.8. The van der Waals surface area contributed by atoms with Gasteiger partial charge in [-0.3, -0.25) is 14.2 Å². The summed E-state index contributed by atoms with van der Waals surface area (Å²) in [6.07, 6.45) is 4.47. The number of aromatic amines is 1. The molecule has 2 heterocycles. The Kier molecular flexibility index (Phi) is 5.75. The second-order valence-electron chi connectivity index (χ2n) is 7.69. The molecule has 7 heteroatoms. The standard InChI is InChI=1S/C19H28N4O2S/c1-11(2)23-18(25)17-15(9-13(4)20-17)22-19(23)26-10-16(24)21-14-7-5-12(3)6-8-14/h9,11-12,14,20H,5-8,10H2,1-4H3,(H,21,24). The average molecular weight is 377 g/mol. The Hall–Kier alpha value is -1.76. The monoisotopic (exact) mass is 376 g/mol. The van der Waals surface area contributed by atoms with Crippen LogP contribution in [0.5, 0.6) is 0 Å². The molecular formula is C19H28N4O2S. The maximum atomic E-state index is 12.8. The smallest absolute Gasteiger partial charge is 0.278 e. The Morgan fingerprint density at radius 1 is 1.38 bits per heavy atom. The number of aromatic nitrogens is 3. The maximum Gasteiger partial charge on any atom is 0.278 e. The molecule has 1 aliphatic carbocycles. The molecule has 0 unspecified atom stereocenters. The summed E-state index contributed by atoms with van der Waals surface area (Å²) in [6, 6.07) is 2.14. The van der Waals surface area contributed by atoms with Crippen molar-refractivity contribution in [3.63, 3.8) is 0 Å². The number of hydrogen-bond acceptors (Lipinski definition) is 4. The topological polar surface area (TPSA) is 79.8 Å². The van der Waals surface area contributed by atoms with Crippen LogP contribution in [0.4, 0.5) is 0 Å². The highest BCUT2D eigenvalue weighted by Crippen LogP contribution is 2.24. The minimum absolute atomic E-state index is 0.0180. The van der Waals surface area contributed by atoms with Crippen molar-refractivity contribution in [2.75, 3.05) is 5.75 Å². The van der Waals surface area contributed by atoms with Gasteiger partial charge in [-0.05, 0) is 58.4 Å². The van der Waals surface area contributed by atoms with Crippen molar-refractivity contribution < 1.29 is 4.79 Å². The third kappa shape index (κ3) is 4.14. The van der Waals surface area contributed by atoms with E-state index in [0.717, 1.165) is 24.5 Å². The van der Waals surface area contributed by atoms with Gasteiger partial charge in [-0.15, -0.1) is 0 Å². The first-order valence-corrected chi connectivity index (χ1v) is 10.4. The Labute approximate surface area is 158 Å². The highest BCUT2D eigenvalue weighted by Gasteiger charge is 2.21. The zero-order valence-electron chi connectivity index (χ0n) is 16.0. The van der Waals surface area contributed by atoms with E-state index in [1.54, 1.807) is 4.57 Å². The number of carbonyl (C=O) groups is 1. The summed E-state index contributed by atoms with van der Waals surface area (Å²) < 4.78 is 1.67. The number of nitrogens with zero attached hydrogens (tertiary/aromatic N) is 2. The number of aryl methyl sites for hydroxylation is 1. The molecule has 1 amide bonds. The lowest BCUT2D eigenvalue weighted by molar-refractivity contribution is -0.119. The number of thioether (sulfide) groups is 1. The number of H-pyrrole nitrogens is 1. The van der Waals surface area contributed by atoms with E-state index in [9.17, 15) is 9.59 Å². The van der Waals surface area contributed by atoms with Gasteiger partial charge in [0.25, 0.3) is 5.56 Å². The van der Waals surface area contributed by atoms with Crippen LogP contribution >= 0.6 is 11.8 Å². The summed E-state index contributed by atoms with van der Waals surface area (Å²) in [5.41, 5.74) is 2.02. The van der Waals surface area contributed by atoms with E-state index in [2.05, 4.69) is 22.2 Å². The number of carbonyl (C=O) groups excluding carboxylic acids is 1. The van der Waals surface area contributed by atoms with Crippen molar-refractivity contribution in [1.82, 2.24) is 19.9 Å². The summed E-state index contributed by atoms with van der Waals surface area (Å²) in [6.45, 7) is 8.09. The molecule has 2 aromatic heterocycles. The van der Waals surface area contributed by atoms with E-state index >= 15 is 0 Å². The summed E-state index contributed by atoms with van der Waals surface area (Å²) in [5, 5.41) is 3.73. The van der Waals surface area contributed by atoms with Crippen LogP contribution in [0.15, 0.2) is 16.0 Å². The molecule has 0 atom stereocenters. The first-order valence-electron chi connectivity index (χ1n) is 9.39. The lowest BCUT2D eigenvalue weighted by atomic mass is 9.87. The van der Waals surface area contributed by atoms with E-state index in [4.69, 9.17) is 0 Å². The molecule has 3 rings (SSSR count). The molecule has 1 aliphatic rings. The number of amides is 1. The molecule has 0 bridgehead atoms. The van der Waals surface area contributed by atoms with Gasteiger partial charge in [0.1, 0.15) is 5.52 Å². The summed E-state index contributed by atoms with van der Waals surface area (Å²) in [7, 11) is 0. The van der Waals surface area contributed by atoms with E-state index in [0.29, 0.717) is 16.2 Å². The maximum absolute atomic E-state index is 12.8. The summed E-state index contributed by atoms with van der Waals surface area (Å²) in [4.78, 5) is 32.8. The van der Waals surface area contributed by atoms with Gasteiger partial charge in [-0.1, -0.05) is 18.7 Å². The van der Waals surface area contributed by atoms with Gasteiger partial charge in [0.05, 0.1) is 11.3 Å². The third-order valence-corrected chi connectivity index (χ3v) is 5.97. The average Bonchev–Trinajstić information content (AvgIpc) is 2.95. The molecule has 26 heavy (non-hydrogen) atoms. The van der Waals surface area contributed by atoms with Gasteiger partial charge in [0.15, 0.2) is 5.16 Å². The largest absolute Gasteiger partial charge is 0.353 e. The molecule has 2 aromatic rings. The van der Waals surface area contributed by atoms with E-state index in [1.165, 1.54) is 24.6 Å². The van der Waals surface area contributed by atoms with Gasteiger partial charge < -0.3 is 10.3 Å². The van der Waals surface area contributed by atoms with Crippen LogP contribution in [0.2, 0.25) is 0 Å². The Balaban J connectivity index is 1.72. The molecule has 142 valence electrons. The second-order valence-corrected chi connectivity index (χ2v) is 8.63. The number of nitrogens with one attached hydrogen (secondary N) is 2. The molecule has 0 aliphatic heterocycles. The molecule has 2 N–H and O–H groups in total. The Morgan fingerprint density at radius 3 is 2.73 bits per heavy atom. The van der Waals surface area contributed by atoms with E-state index in [1.807, 2.05) is 26.8 Å². The van der Waals surface area contributed by atoms with Crippen molar-refractivity contribution in [3.8, 4) is 0 Å². The van der Waals surface area contributed by atoms with Crippen LogP contribution < -0.4 is 10.9 Å². The molecule has 0 spiro atoms. The van der Waals surface area contributed by atoms with Gasteiger partial charge in [0, 0.05) is 17.8 Å². The Bertz CT molecular complexity index is 847. The quantitative estimate of drug-likeness (QED) is 0.619. The SMILES string of the molecule is Cc1cc2nc(SCC(=O)NC3CCC(C)CC3)n(C(C)C)c(=O)c2[nH]1. The lowest BCUT2D eigenvalue weighted by Crippen LogP contribution is -2.38. The molecule has 6 nitrogen and oxygen atoms in total. The van der Waals surface area contributed by atoms with Gasteiger partial charge in [-0.2, -0.15) is 0 Å². The molecule has 1 fully saturated rings. The normalized spacial score (nSPS) is 20.7. The molecule has 0 aromatic carbocycles. The van der Waals surface area contributed by atoms with Crippen molar-refractivity contribution >= 4 is 28.7 Å². The second kappa shape index (κ2) is 7.86. The van der Waals surface area contributed by atoms with Crippen LogP contribution in [0.1, 0.15) is 58.2 Å². The van der Waals surface area contributed by atoms with Crippen LogP contribution in [-0.4, -0.2) is 32.2 Å². The predicted molar refractivity (Wildman–Crippen MR) is 106 cm³/mol. The highest BCUT2D eigenvalue weighted by molar-refractivity contribution is 7.99. The number of hydrogen-bond donors (Lipinski definition) is 2. The minimum atomic E-state index is -0.0812. The fourth-order valence-electron chi connectivity index (χ4n) is 3.55. The third-order valence-electron chi connectivity index (χ3n) is 5.02. The Morgan fingerprint density at radius 2 is 2.08 bits per heavy atom. The van der Waals surface area contributed by atoms with Crippen LogP contribution in [-0.2, 0) is 4.79 Å². The zero-order chi connectivity index (χ0) is 18.8. The van der Waals surface area contributed by atoms with Crippen LogP contribution in [0.25, 0.3) is 11.0 Å². The van der Waals surface area contributed by atoms with Crippen LogP contribution in [0.3, 0.4) is 0 Å². The molecular weight excluding hydrogens is 348 g/mol. The number of rotatable bonds is 5. The minimum Gasteiger partial charge on any atom is -0.353 e. The fraction of sp³-hybridized carbons (Fsp3) is 0.632. The van der Waals surface area contributed by atoms with Crippen LogP contribution in [0, 0.1) is 12.8 Å².